The van der Waals surface area contributed by atoms with Crippen LogP contribution in [0.4, 0.5) is 0 Å². The van der Waals surface area contributed by atoms with E-state index in [9.17, 15) is 17.8 Å². The Kier molecular flexibility index (Phi) is 13.6. The van der Waals surface area contributed by atoms with E-state index in [-0.39, 0.29) is 11.7 Å². The van der Waals surface area contributed by atoms with Gasteiger partial charge in [0.05, 0.1) is 15.7 Å². The number of unbranched alkanes of at least 4 members (excludes halogenated alkanes) is 10. The molecule has 0 radical (unpaired) electrons. The highest BCUT2D eigenvalue weighted by atomic mass is 32.2. The van der Waals surface area contributed by atoms with E-state index in [2.05, 4.69) is 12.2 Å². The smallest absolute Gasteiger partial charge is 0.251 e. The zero-order chi connectivity index (χ0) is 21.4. The molecular formula is C22H38N2O4S. The maximum Gasteiger partial charge on any atom is 0.251 e. The molecule has 166 valence electrons. The predicted octanol–water partition coefficient (Wildman–Crippen LogP) is 3.95. The van der Waals surface area contributed by atoms with E-state index in [1.807, 2.05) is 4.57 Å². The van der Waals surface area contributed by atoms with E-state index in [0.717, 1.165) is 12.8 Å². The maximum absolute atomic E-state index is 12.2. The summed E-state index contributed by atoms with van der Waals surface area (Å²) in [6, 6.07) is 3.52. The van der Waals surface area contributed by atoms with Crippen molar-refractivity contribution in [2.24, 2.45) is 0 Å². The van der Waals surface area contributed by atoms with Gasteiger partial charge in [-0.25, -0.2) is 13.0 Å². The van der Waals surface area contributed by atoms with Crippen molar-refractivity contribution >= 4 is 16.0 Å². The van der Waals surface area contributed by atoms with Gasteiger partial charge in [-0.3, -0.25) is 4.79 Å². The first kappa shape index (κ1) is 25.6. The largest absolute Gasteiger partial charge is 0.748 e. The molecule has 1 heterocycles. The van der Waals surface area contributed by atoms with Gasteiger partial charge >= 0.3 is 0 Å². The maximum atomic E-state index is 12.2. The minimum absolute atomic E-state index is 0.0643. The number of hydrogen-bond acceptors (Lipinski definition) is 4. The number of hydrogen-bond donors (Lipinski definition) is 1. The number of rotatable bonds is 17. The van der Waals surface area contributed by atoms with Crippen molar-refractivity contribution < 1.29 is 22.3 Å². The van der Waals surface area contributed by atoms with Crippen molar-refractivity contribution in [2.75, 3.05) is 12.3 Å². The van der Waals surface area contributed by atoms with Crippen LogP contribution in [-0.4, -0.2) is 31.2 Å². The summed E-state index contributed by atoms with van der Waals surface area (Å²) in [7, 11) is -4.13. The Morgan fingerprint density at radius 3 is 2.00 bits per heavy atom. The Balaban J connectivity index is 2.08. The lowest BCUT2D eigenvalue weighted by molar-refractivity contribution is -0.697. The van der Waals surface area contributed by atoms with E-state index < -0.39 is 10.1 Å². The summed E-state index contributed by atoms with van der Waals surface area (Å²) < 4.78 is 33.6. The van der Waals surface area contributed by atoms with Crippen molar-refractivity contribution in [3.8, 4) is 0 Å². The summed E-state index contributed by atoms with van der Waals surface area (Å²) in [6.07, 6.45) is 17.3. The van der Waals surface area contributed by atoms with Crippen molar-refractivity contribution in [3.63, 3.8) is 0 Å². The number of carbonyl (C=O) groups is 1. The first-order valence-corrected chi connectivity index (χ1v) is 12.7. The Morgan fingerprint density at radius 1 is 0.897 bits per heavy atom. The molecule has 0 aliphatic heterocycles. The Bertz CT molecular complexity index is 660. The monoisotopic (exact) mass is 426 g/mol. The number of carbonyl (C=O) groups excluding carboxylic acids is 1. The molecule has 1 N–H and O–H groups in total. The highest BCUT2D eigenvalue weighted by molar-refractivity contribution is 7.85. The number of aromatic nitrogens is 1. The molecule has 29 heavy (non-hydrogen) atoms. The molecule has 0 bridgehead atoms. The highest BCUT2D eigenvalue weighted by Crippen LogP contribution is 2.10. The minimum Gasteiger partial charge on any atom is -0.748 e. The van der Waals surface area contributed by atoms with Crippen LogP contribution in [-0.2, 0) is 16.7 Å². The summed E-state index contributed by atoms with van der Waals surface area (Å²) in [5.74, 6) is -0.391. The van der Waals surface area contributed by atoms with Crippen LogP contribution in [0.15, 0.2) is 24.5 Å². The fourth-order valence-corrected chi connectivity index (χ4v) is 3.81. The quantitative estimate of drug-likeness (QED) is 0.232. The van der Waals surface area contributed by atoms with Crippen molar-refractivity contribution in [1.82, 2.24) is 5.32 Å². The van der Waals surface area contributed by atoms with Crippen LogP contribution in [0.25, 0.3) is 0 Å². The summed E-state index contributed by atoms with van der Waals surface area (Å²) >= 11 is 0. The van der Waals surface area contributed by atoms with Crippen LogP contribution in [0.5, 0.6) is 0 Å². The molecule has 0 saturated carbocycles. The van der Waals surface area contributed by atoms with E-state index >= 15 is 0 Å². The molecule has 0 unspecified atom stereocenters. The number of amides is 1. The second-order valence-corrected chi connectivity index (χ2v) is 9.26. The molecule has 0 aliphatic rings. The van der Waals surface area contributed by atoms with E-state index in [0.29, 0.717) is 31.5 Å². The van der Waals surface area contributed by atoms with Crippen LogP contribution >= 0.6 is 0 Å². The second kappa shape index (κ2) is 15.4. The molecule has 0 fully saturated rings. The zero-order valence-electron chi connectivity index (χ0n) is 17.9. The van der Waals surface area contributed by atoms with Crippen molar-refractivity contribution in [3.05, 3.63) is 30.1 Å². The van der Waals surface area contributed by atoms with Gasteiger partial charge in [0.2, 0.25) is 0 Å². The summed E-state index contributed by atoms with van der Waals surface area (Å²) in [5.41, 5.74) is 0.621. The standard InChI is InChI=1S/C22H38N2O4S/c1-2-3-4-5-6-7-8-9-10-11-16-23-22(25)21-14-18-24(19-15-21)17-12-13-20-29(26,27)28/h14-15,18-19H,2-13,16-17,20H2,1H3,(H-,23,25,26,27,28). The third kappa shape index (κ3) is 14.2. The molecule has 1 rings (SSSR count). The highest BCUT2D eigenvalue weighted by Gasteiger charge is 2.08. The number of aryl methyl sites for hydroxylation is 1. The van der Waals surface area contributed by atoms with E-state index in [1.165, 1.54) is 51.4 Å². The third-order valence-electron chi connectivity index (χ3n) is 5.03. The van der Waals surface area contributed by atoms with Crippen LogP contribution < -0.4 is 9.88 Å². The van der Waals surface area contributed by atoms with Crippen molar-refractivity contribution in [1.29, 1.82) is 0 Å². The van der Waals surface area contributed by atoms with Gasteiger partial charge in [0.25, 0.3) is 5.91 Å². The summed E-state index contributed by atoms with van der Waals surface area (Å²) in [5, 5.41) is 2.96. The SMILES string of the molecule is CCCCCCCCCCCCNC(=O)c1cc[n+](CCCCS(=O)(=O)[O-])cc1. The molecule has 6 nitrogen and oxygen atoms in total. The first-order valence-electron chi connectivity index (χ1n) is 11.1. The molecule has 0 saturated heterocycles. The van der Waals surface area contributed by atoms with Gasteiger partial charge in [0.15, 0.2) is 12.4 Å². The Labute approximate surface area is 176 Å². The first-order chi connectivity index (χ1) is 13.9. The fraction of sp³-hybridized carbons (Fsp3) is 0.727. The van der Waals surface area contributed by atoms with Gasteiger partial charge in [-0.05, 0) is 12.8 Å². The van der Waals surface area contributed by atoms with Crippen LogP contribution in [0.3, 0.4) is 0 Å². The van der Waals surface area contributed by atoms with Gasteiger partial charge in [-0.2, -0.15) is 0 Å². The predicted molar refractivity (Wildman–Crippen MR) is 115 cm³/mol. The number of nitrogens with zero attached hydrogens (tertiary/aromatic N) is 1. The molecule has 0 atom stereocenters. The van der Waals surface area contributed by atoms with Gasteiger partial charge in [0, 0.05) is 30.9 Å². The minimum atomic E-state index is -4.13. The van der Waals surface area contributed by atoms with Gasteiger partial charge in [0.1, 0.15) is 6.54 Å². The molecule has 1 aromatic rings. The molecule has 1 amide bonds. The van der Waals surface area contributed by atoms with Crippen LogP contribution in [0.1, 0.15) is 94.3 Å². The lowest BCUT2D eigenvalue weighted by Crippen LogP contribution is -2.34. The molecule has 1 aromatic heterocycles. The Hall–Kier alpha value is -1.47. The summed E-state index contributed by atoms with van der Waals surface area (Å²) in [4.78, 5) is 12.2. The lowest BCUT2D eigenvalue weighted by atomic mass is 10.1. The average Bonchev–Trinajstić information content (AvgIpc) is 2.69. The van der Waals surface area contributed by atoms with Gasteiger partial charge in [-0.15, -0.1) is 0 Å². The fourth-order valence-electron chi connectivity index (χ4n) is 3.25. The topological polar surface area (TPSA) is 90.2 Å². The molecule has 0 aliphatic carbocycles. The molecule has 7 heteroatoms. The lowest BCUT2D eigenvalue weighted by Gasteiger charge is -2.06. The second-order valence-electron chi connectivity index (χ2n) is 7.73. The van der Waals surface area contributed by atoms with Gasteiger partial charge in [-0.1, -0.05) is 64.7 Å². The third-order valence-corrected chi connectivity index (χ3v) is 5.82. The van der Waals surface area contributed by atoms with Crippen molar-refractivity contribution in [2.45, 2.75) is 90.5 Å². The van der Waals surface area contributed by atoms with E-state index in [4.69, 9.17) is 0 Å². The van der Waals surface area contributed by atoms with Crippen LogP contribution in [0, 0.1) is 0 Å². The molecular weight excluding hydrogens is 388 g/mol. The zero-order valence-corrected chi connectivity index (χ0v) is 18.7. The molecule has 0 spiro atoms. The van der Waals surface area contributed by atoms with Crippen LogP contribution in [0.2, 0.25) is 0 Å². The van der Waals surface area contributed by atoms with Gasteiger partial charge < -0.3 is 9.87 Å². The summed E-state index contributed by atoms with van der Waals surface area (Å²) in [6.45, 7) is 3.56. The normalized spacial score (nSPS) is 11.5. The Morgan fingerprint density at radius 2 is 1.45 bits per heavy atom. The average molecular weight is 427 g/mol. The number of pyridine rings is 1. The number of nitrogens with one attached hydrogen (secondary N) is 1. The van der Waals surface area contributed by atoms with E-state index in [1.54, 1.807) is 24.5 Å². The molecule has 0 aromatic carbocycles.